The number of benzene rings is 2. The minimum absolute atomic E-state index is 0.135. The number of anilines is 1. The van der Waals surface area contributed by atoms with Crippen molar-refractivity contribution in [2.75, 3.05) is 4.72 Å². The molecule has 0 aliphatic heterocycles. The maximum absolute atomic E-state index is 12.6. The van der Waals surface area contributed by atoms with E-state index >= 15 is 0 Å². The van der Waals surface area contributed by atoms with Crippen molar-refractivity contribution in [1.29, 1.82) is 0 Å². The van der Waals surface area contributed by atoms with E-state index in [0.717, 1.165) is 17.2 Å². The maximum Gasteiger partial charge on any atom is 0.270 e. The molecule has 0 unspecified atom stereocenters. The van der Waals surface area contributed by atoms with Crippen LogP contribution >= 0.6 is 0 Å². The van der Waals surface area contributed by atoms with Crippen molar-refractivity contribution in [3.05, 3.63) is 63.7 Å². The predicted octanol–water partition coefficient (Wildman–Crippen LogP) is 3.83. The van der Waals surface area contributed by atoms with E-state index in [-0.39, 0.29) is 16.5 Å². The third-order valence-electron chi connectivity index (χ3n) is 3.50. The summed E-state index contributed by atoms with van der Waals surface area (Å²) in [5.74, 6) is 0.137. The van der Waals surface area contributed by atoms with Gasteiger partial charge in [0.1, 0.15) is 0 Å². The van der Waals surface area contributed by atoms with Crippen molar-refractivity contribution in [2.45, 2.75) is 31.6 Å². The van der Waals surface area contributed by atoms with Crippen LogP contribution in [0.4, 0.5) is 11.4 Å². The molecule has 122 valence electrons. The van der Waals surface area contributed by atoms with Gasteiger partial charge in [0.25, 0.3) is 15.7 Å². The van der Waals surface area contributed by atoms with Crippen LogP contribution in [0.15, 0.2) is 47.4 Å². The van der Waals surface area contributed by atoms with Gasteiger partial charge in [-0.2, -0.15) is 0 Å². The van der Waals surface area contributed by atoms with Gasteiger partial charge in [0, 0.05) is 12.1 Å². The van der Waals surface area contributed by atoms with E-state index in [1.54, 1.807) is 0 Å². The molecule has 0 fully saturated rings. The lowest BCUT2D eigenvalue weighted by Gasteiger charge is -2.17. The Bertz CT molecular complexity index is 845. The van der Waals surface area contributed by atoms with E-state index in [0.29, 0.717) is 5.69 Å². The highest BCUT2D eigenvalue weighted by atomic mass is 32.2. The first-order valence-corrected chi connectivity index (χ1v) is 8.57. The number of sulfonamides is 1. The highest BCUT2D eigenvalue weighted by molar-refractivity contribution is 7.92. The molecule has 0 spiro atoms. The van der Waals surface area contributed by atoms with Gasteiger partial charge in [0.15, 0.2) is 0 Å². The number of hydrogen-bond acceptors (Lipinski definition) is 4. The van der Waals surface area contributed by atoms with Gasteiger partial charge in [-0.05, 0) is 30.0 Å². The largest absolute Gasteiger partial charge is 0.279 e. The van der Waals surface area contributed by atoms with Crippen LogP contribution in [0.5, 0.6) is 0 Å². The Kier molecular flexibility index (Phi) is 4.70. The molecule has 2 aromatic carbocycles. The van der Waals surface area contributed by atoms with Gasteiger partial charge in [0.05, 0.1) is 15.5 Å². The third kappa shape index (κ3) is 3.68. The standard InChI is InChI=1S/C16H18N2O4S/c1-11(2)15-9-4-6-12(3)16(15)17-23(21,22)14-8-5-7-13(10-14)18(19)20/h4-11,17H,1-3H3. The molecule has 2 aromatic rings. The highest BCUT2D eigenvalue weighted by Gasteiger charge is 2.20. The van der Waals surface area contributed by atoms with Crippen molar-refractivity contribution in [2.24, 2.45) is 0 Å². The van der Waals surface area contributed by atoms with Crippen molar-refractivity contribution in [3.63, 3.8) is 0 Å². The number of rotatable bonds is 5. The molecule has 0 saturated heterocycles. The number of aryl methyl sites for hydroxylation is 1. The van der Waals surface area contributed by atoms with E-state index in [9.17, 15) is 18.5 Å². The maximum atomic E-state index is 12.6. The van der Waals surface area contributed by atoms with Crippen molar-refractivity contribution < 1.29 is 13.3 Å². The molecule has 0 amide bonds. The highest BCUT2D eigenvalue weighted by Crippen LogP contribution is 2.30. The fourth-order valence-corrected chi connectivity index (χ4v) is 3.47. The van der Waals surface area contributed by atoms with Crippen LogP contribution in [0.25, 0.3) is 0 Å². The Morgan fingerprint density at radius 2 is 1.78 bits per heavy atom. The molecular formula is C16H18N2O4S. The molecule has 0 atom stereocenters. The zero-order chi connectivity index (χ0) is 17.2. The smallest absolute Gasteiger partial charge is 0.270 e. The zero-order valence-electron chi connectivity index (χ0n) is 13.1. The first-order valence-electron chi connectivity index (χ1n) is 7.09. The molecule has 1 N–H and O–H groups in total. The molecule has 7 heteroatoms. The van der Waals surface area contributed by atoms with E-state index in [4.69, 9.17) is 0 Å². The van der Waals surface area contributed by atoms with Gasteiger partial charge in [-0.3, -0.25) is 14.8 Å². The van der Waals surface area contributed by atoms with Crippen LogP contribution in [0.2, 0.25) is 0 Å². The van der Waals surface area contributed by atoms with Crippen LogP contribution in [-0.2, 0) is 10.0 Å². The summed E-state index contributed by atoms with van der Waals surface area (Å²) in [4.78, 5) is 10.1. The number of hydrogen-bond donors (Lipinski definition) is 1. The van der Waals surface area contributed by atoms with E-state index in [1.807, 2.05) is 39.0 Å². The topological polar surface area (TPSA) is 89.3 Å². The summed E-state index contributed by atoms with van der Waals surface area (Å²) in [5, 5.41) is 10.8. The third-order valence-corrected chi connectivity index (χ3v) is 4.85. The summed E-state index contributed by atoms with van der Waals surface area (Å²) in [5.41, 5.74) is 1.93. The normalized spacial score (nSPS) is 11.5. The Balaban J connectivity index is 2.47. The number of nitro groups is 1. The average molecular weight is 334 g/mol. The second-order valence-electron chi connectivity index (χ2n) is 5.55. The lowest BCUT2D eigenvalue weighted by molar-refractivity contribution is -0.385. The summed E-state index contributed by atoms with van der Waals surface area (Å²) in [6.45, 7) is 5.76. The van der Waals surface area contributed by atoms with Crippen molar-refractivity contribution in [3.8, 4) is 0 Å². The van der Waals surface area contributed by atoms with Crippen molar-refractivity contribution >= 4 is 21.4 Å². The summed E-state index contributed by atoms with van der Waals surface area (Å²) < 4.78 is 27.7. The molecular weight excluding hydrogens is 316 g/mol. The summed E-state index contributed by atoms with van der Waals surface area (Å²) >= 11 is 0. The molecule has 0 heterocycles. The Morgan fingerprint density at radius 3 is 2.39 bits per heavy atom. The first kappa shape index (κ1) is 17.0. The summed E-state index contributed by atoms with van der Waals surface area (Å²) in [6, 6.07) is 10.6. The monoisotopic (exact) mass is 334 g/mol. The van der Waals surface area contributed by atoms with Crippen molar-refractivity contribution in [1.82, 2.24) is 0 Å². The van der Waals surface area contributed by atoms with Gasteiger partial charge in [-0.1, -0.05) is 38.1 Å². The molecule has 0 saturated carbocycles. The molecule has 0 aliphatic carbocycles. The lowest BCUT2D eigenvalue weighted by atomic mass is 9.99. The molecule has 0 radical (unpaired) electrons. The van der Waals surface area contributed by atoms with Crippen LogP contribution in [0, 0.1) is 17.0 Å². The zero-order valence-corrected chi connectivity index (χ0v) is 13.9. The molecule has 2 rings (SSSR count). The first-order chi connectivity index (χ1) is 10.7. The minimum Gasteiger partial charge on any atom is -0.279 e. The Morgan fingerprint density at radius 1 is 1.13 bits per heavy atom. The van der Waals surface area contributed by atoms with Gasteiger partial charge in [-0.15, -0.1) is 0 Å². The number of non-ortho nitro benzene ring substituents is 1. The second-order valence-corrected chi connectivity index (χ2v) is 7.24. The Labute approximate surface area is 135 Å². The number of nitro benzene ring substituents is 1. The number of nitrogens with one attached hydrogen (secondary N) is 1. The van der Waals surface area contributed by atoms with Gasteiger partial charge in [-0.25, -0.2) is 8.42 Å². The summed E-state index contributed by atoms with van der Waals surface area (Å²) in [7, 11) is -3.90. The second kappa shape index (κ2) is 6.37. The molecule has 6 nitrogen and oxygen atoms in total. The number of nitrogens with zero attached hydrogens (tertiary/aromatic N) is 1. The van der Waals surface area contributed by atoms with Gasteiger partial charge < -0.3 is 0 Å². The van der Waals surface area contributed by atoms with Gasteiger partial charge >= 0.3 is 0 Å². The lowest BCUT2D eigenvalue weighted by Crippen LogP contribution is -2.15. The van der Waals surface area contributed by atoms with Crippen LogP contribution < -0.4 is 4.72 Å². The minimum atomic E-state index is -3.90. The molecule has 0 aromatic heterocycles. The SMILES string of the molecule is Cc1cccc(C(C)C)c1NS(=O)(=O)c1cccc([N+](=O)[O-])c1. The molecule has 23 heavy (non-hydrogen) atoms. The van der Waals surface area contributed by atoms with E-state index in [2.05, 4.69) is 4.72 Å². The van der Waals surface area contributed by atoms with E-state index in [1.165, 1.54) is 18.2 Å². The van der Waals surface area contributed by atoms with Crippen LogP contribution in [0.1, 0.15) is 30.9 Å². The van der Waals surface area contributed by atoms with Gasteiger partial charge in [0.2, 0.25) is 0 Å². The molecule has 0 bridgehead atoms. The van der Waals surface area contributed by atoms with E-state index < -0.39 is 14.9 Å². The quantitative estimate of drug-likeness (QED) is 0.665. The summed E-state index contributed by atoms with van der Waals surface area (Å²) in [6.07, 6.45) is 0. The van der Waals surface area contributed by atoms with Crippen LogP contribution in [-0.4, -0.2) is 13.3 Å². The fourth-order valence-electron chi connectivity index (χ4n) is 2.27. The fraction of sp³-hybridized carbons (Fsp3) is 0.250. The Hall–Kier alpha value is -2.41. The number of para-hydroxylation sites is 1. The van der Waals surface area contributed by atoms with Crippen LogP contribution in [0.3, 0.4) is 0 Å². The predicted molar refractivity (Wildman–Crippen MR) is 89.2 cm³/mol. The average Bonchev–Trinajstić information content (AvgIpc) is 2.49. The molecule has 0 aliphatic rings.